The molecular weight excluding hydrogens is 412 g/mol. The summed E-state index contributed by atoms with van der Waals surface area (Å²) < 4.78 is 10.8. The van der Waals surface area contributed by atoms with Gasteiger partial charge in [0.15, 0.2) is 0 Å². The molecule has 3 aromatic rings. The number of ether oxygens (including phenoxy) is 2. The van der Waals surface area contributed by atoms with E-state index in [-0.39, 0.29) is 5.41 Å². The summed E-state index contributed by atoms with van der Waals surface area (Å²) in [5.74, 6) is 0.0811. The maximum absolute atomic E-state index is 11.9. The third-order valence-corrected chi connectivity index (χ3v) is 6.06. The van der Waals surface area contributed by atoms with Gasteiger partial charge in [0, 0.05) is 16.6 Å². The van der Waals surface area contributed by atoms with Gasteiger partial charge in [-0.05, 0) is 73.2 Å². The molecule has 0 aliphatic heterocycles. The van der Waals surface area contributed by atoms with Crippen molar-refractivity contribution in [2.24, 2.45) is 0 Å². The van der Waals surface area contributed by atoms with E-state index < -0.39 is 11.9 Å². The summed E-state index contributed by atoms with van der Waals surface area (Å²) in [6.45, 7) is 10.5. The number of hydrogen-bond acceptors (Lipinski definition) is 4. The lowest BCUT2D eigenvalue weighted by molar-refractivity contribution is -0.130. The summed E-state index contributed by atoms with van der Waals surface area (Å²) >= 11 is 0. The fraction of sp³-hybridized carbons (Fsp3) is 0.172. The van der Waals surface area contributed by atoms with E-state index in [1.807, 2.05) is 48.5 Å². The van der Waals surface area contributed by atoms with Gasteiger partial charge in [-0.1, -0.05) is 61.7 Å². The minimum absolute atomic E-state index is 0.354. The number of fused-ring (bicyclic) bond motifs is 1. The van der Waals surface area contributed by atoms with E-state index in [2.05, 4.69) is 37.4 Å². The van der Waals surface area contributed by atoms with Crippen molar-refractivity contribution in [2.75, 3.05) is 0 Å². The van der Waals surface area contributed by atoms with Crippen LogP contribution < -0.4 is 9.47 Å². The van der Waals surface area contributed by atoms with Crippen molar-refractivity contribution in [2.45, 2.75) is 32.1 Å². The van der Waals surface area contributed by atoms with Crippen molar-refractivity contribution < 1.29 is 19.1 Å². The Morgan fingerprint density at radius 2 is 1.18 bits per heavy atom. The minimum Gasteiger partial charge on any atom is -0.423 e. The minimum atomic E-state index is -0.441. The van der Waals surface area contributed by atoms with Crippen molar-refractivity contribution in [3.05, 3.63) is 119 Å². The summed E-state index contributed by atoms with van der Waals surface area (Å²) in [5.41, 5.74) is 5.13. The zero-order valence-corrected chi connectivity index (χ0v) is 18.9. The Kier molecular flexibility index (Phi) is 6.01. The van der Waals surface area contributed by atoms with Gasteiger partial charge in [0.25, 0.3) is 0 Å². The molecule has 0 aromatic heterocycles. The van der Waals surface area contributed by atoms with Crippen molar-refractivity contribution in [3.63, 3.8) is 0 Å². The quantitative estimate of drug-likeness (QED) is 0.272. The molecule has 0 fully saturated rings. The highest BCUT2D eigenvalue weighted by molar-refractivity contribution is 5.89. The molecule has 0 saturated heterocycles. The molecule has 0 spiro atoms. The van der Waals surface area contributed by atoms with Crippen LogP contribution in [-0.2, 0) is 21.4 Å². The molecule has 3 aromatic carbocycles. The molecule has 0 atom stereocenters. The van der Waals surface area contributed by atoms with Crippen molar-refractivity contribution in [1.82, 2.24) is 0 Å². The normalized spacial score (nSPS) is 13.6. The Hall–Kier alpha value is -3.92. The first-order valence-electron chi connectivity index (χ1n) is 10.9. The number of esters is 2. The van der Waals surface area contributed by atoms with Crippen LogP contribution in [0.4, 0.5) is 0 Å². The van der Waals surface area contributed by atoms with E-state index in [1.165, 1.54) is 11.1 Å². The molecule has 4 heteroatoms. The first kappa shape index (κ1) is 22.3. The van der Waals surface area contributed by atoms with Crippen LogP contribution in [0.3, 0.4) is 0 Å². The zero-order chi connectivity index (χ0) is 23.6. The second-order valence-corrected chi connectivity index (χ2v) is 8.45. The maximum atomic E-state index is 11.9. The summed E-state index contributed by atoms with van der Waals surface area (Å²) in [7, 11) is 0. The van der Waals surface area contributed by atoms with Crippen LogP contribution in [0.2, 0.25) is 0 Å². The van der Waals surface area contributed by atoms with E-state index in [1.54, 1.807) is 13.8 Å². The molecule has 4 nitrogen and oxygen atoms in total. The van der Waals surface area contributed by atoms with Gasteiger partial charge in [-0.2, -0.15) is 0 Å². The van der Waals surface area contributed by atoms with E-state index >= 15 is 0 Å². The monoisotopic (exact) mass is 438 g/mol. The van der Waals surface area contributed by atoms with Crippen molar-refractivity contribution in [3.8, 4) is 11.5 Å². The second kappa shape index (κ2) is 8.91. The molecule has 0 heterocycles. The fourth-order valence-corrected chi connectivity index (χ4v) is 4.38. The largest absolute Gasteiger partial charge is 0.423 e. The summed E-state index contributed by atoms with van der Waals surface area (Å²) in [6.07, 6.45) is 1.86. The topological polar surface area (TPSA) is 52.6 Å². The Morgan fingerprint density at radius 3 is 1.64 bits per heavy atom. The Balaban J connectivity index is 1.74. The van der Waals surface area contributed by atoms with Gasteiger partial charge in [-0.15, -0.1) is 0 Å². The van der Waals surface area contributed by atoms with Gasteiger partial charge in [0.1, 0.15) is 11.5 Å². The molecule has 0 saturated carbocycles. The Labute approximate surface area is 194 Å². The average Bonchev–Trinajstić information content (AvgIpc) is 3.20. The molecule has 0 unspecified atom stereocenters. The number of carbonyl (C=O) groups is 2. The van der Waals surface area contributed by atoms with Gasteiger partial charge >= 0.3 is 11.9 Å². The van der Waals surface area contributed by atoms with Gasteiger partial charge in [-0.3, -0.25) is 0 Å². The average molecular weight is 439 g/mol. The molecule has 0 amide bonds. The number of hydrogen-bond donors (Lipinski definition) is 0. The van der Waals surface area contributed by atoms with Crippen LogP contribution in [0.1, 0.15) is 42.5 Å². The highest BCUT2D eigenvalue weighted by atomic mass is 16.5. The molecule has 166 valence electrons. The summed E-state index contributed by atoms with van der Waals surface area (Å²) in [4.78, 5) is 23.8. The SMILES string of the molecule is C=C(C)C(=O)Oc1ccc(C2(c3ccc(OC(=O)C(=C)C)cc3)CCc3ccccc32)cc1. The van der Waals surface area contributed by atoms with Crippen molar-refractivity contribution >= 4 is 11.9 Å². The summed E-state index contributed by atoms with van der Waals surface area (Å²) in [6, 6.07) is 23.8. The lowest BCUT2D eigenvalue weighted by atomic mass is 9.70. The van der Waals surface area contributed by atoms with Crippen LogP contribution in [0.15, 0.2) is 97.1 Å². The number of benzene rings is 3. The third kappa shape index (κ3) is 4.24. The standard InChI is InChI=1S/C29H26O4/c1-19(2)27(30)32-24-13-9-22(10-14-24)29(18-17-21-7-5-6-8-26(21)29)23-11-15-25(16-12-23)33-28(31)20(3)4/h5-16H,1,3,17-18H2,2,4H3. The van der Waals surface area contributed by atoms with Crippen LogP contribution in [0.25, 0.3) is 0 Å². The number of aryl methyl sites for hydroxylation is 1. The zero-order valence-electron chi connectivity index (χ0n) is 18.9. The number of carbonyl (C=O) groups excluding carboxylic acids is 2. The molecule has 1 aliphatic carbocycles. The van der Waals surface area contributed by atoms with Gasteiger partial charge in [-0.25, -0.2) is 9.59 Å². The van der Waals surface area contributed by atoms with Crippen molar-refractivity contribution in [1.29, 1.82) is 0 Å². The highest BCUT2D eigenvalue weighted by Gasteiger charge is 2.41. The van der Waals surface area contributed by atoms with Gasteiger partial charge in [0.05, 0.1) is 0 Å². The molecule has 33 heavy (non-hydrogen) atoms. The van der Waals surface area contributed by atoms with E-state index in [9.17, 15) is 9.59 Å². The van der Waals surface area contributed by atoms with E-state index in [0.29, 0.717) is 22.6 Å². The smallest absolute Gasteiger partial charge is 0.338 e. The number of rotatable bonds is 6. The van der Waals surface area contributed by atoms with Crippen LogP contribution in [-0.4, -0.2) is 11.9 Å². The predicted molar refractivity (Wildman–Crippen MR) is 128 cm³/mol. The Morgan fingerprint density at radius 1 is 0.727 bits per heavy atom. The summed E-state index contributed by atoms with van der Waals surface area (Å²) in [5, 5.41) is 0. The lowest BCUT2D eigenvalue weighted by Crippen LogP contribution is -2.26. The first-order valence-corrected chi connectivity index (χ1v) is 10.9. The maximum Gasteiger partial charge on any atom is 0.338 e. The van der Waals surface area contributed by atoms with Crippen LogP contribution in [0, 0.1) is 0 Å². The molecule has 0 bridgehead atoms. The van der Waals surface area contributed by atoms with Gasteiger partial charge in [0.2, 0.25) is 0 Å². The Bertz CT molecular complexity index is 1160. The van der Waals surface area contributed by atoms with E-state index in [4.69, 9.17) is 9.47 Å². The highest BCUT2D eigenvalue weighted by Crippen LogP contribution is 2.49. The molecule has 1 aliphatic rings. The van der Waals surface area contributed by atoms with Crippen LogP contribution >= 0.6 is 0 Å². The fourth-order valence-electron chi connectivity index (χ4n) is 4.38. The van der Waals surface area contributed by atoms with E-state index in [0.717, 1.165) is 24.0 Å². The first-order chi connectivity index (χ1) is 15.8. The molecular formula is C29H26O4. The second-order valence-electron chi connectivity index (χ2n) is 8.45. The van der Waals surface area contributed by atoms with Crippen LogP contribution in [0.5, 0.6) is 11.5 Å². The molecule has 0 N–H and O–H groups in total. The van der Waals surface area contributed by atoms with Gasteiger partial charge < -0.3 is 9.47 Å². The lowest BCUT2D eigenvalue weighted by Gasteiger charge is -2.32. The molecule has 0 radical (unpaired) electrons. The third-order valence-electron chi connectivity index (χ3n) is 6.06. The molecule has 4 rings (SSSR count). The predicted octanol–water partition coefficient (Wildman–Crippen LogP) is 5.93.